The number of β-amino-alcohol motifs (C(OH)–C–C–N with tert-alkyl or cyclic N) is 1. The lowest BCUT2D eigenvalue weighted by atomic mass is 9.79. The van der Waals surface area contributed by atoms with Crippen LogP contribution in [0.4, 0.5) is 14.6 Å². The average molecular weight is 645 g/mol. The molecule has 4 aliphatic heterocycles. The van der Waals surface area contributed by atoms with Crippen molar-refractivity contribution >= 4 is 33.4 Å². The summed E-state index contributed by atoms with van der Waals surface area (Å²) in [5.41, 5.74) is 0.0495. The Morgan fingerprint density at radius 1 is 1.15 bits per heavy atom. The number of pyridine rings is 1. The lowest BCUT2D eigenvalue weighted by Gasteiger charge is -2.40. The van der Waals surface area contributed by atoms with Crippen molar-refractivity contribution in [3.63, 3.8) is 0 Å². The summed E-state index contributed by atoms with van der Waals surface area (Å²) < 4.78 is 38.2. The SMILES string of the molecule is CCc1c(F)ccc2cc(O)cc(-c3ncc4c(N5CCC[C@]6(CNC(=O)C6)C5)nc(OC[C@]56CCCN5C[C@@H](O)C6)nc4c3F)c12. The number of carbonyl (C=O) groups excluding carboxylic acids is 1. The molecule has 2 aromatic heterocycles. The zero-order chi connectivity index (χ0) is 32.5. The topological polar surface area (TPSA) is 124 Å². The first-order valence-corrected chi connectivity index (χ1v) is 16.6. The van der Waals surface area contributed by atoms with E-state index in [0.29, 0.717) is 73.0 Å². The van der Waals surface area contributed by atoms with Crippen molar-refractivity contribution in [1.29, 1.82) is 0 Å². The van der Waals surface area contributed by atoms with Crippen LogP contribution in [0.15, 0.2) is 30.5 Å². The molecule has 4 saturated heterocycles. The van der Waals surface area contributed by atoms with Gasteiger partial charge in [0.05, 0.1) is 17.0 Å². The number of aliphatic hydroxyl groups is 1. The van der Waals surface area contributed by atoms with Crippen LogP contribution in [-0.2, 0) is 11.2 Å². The number of aryl methyl sites for hydroxylation is 1. The Bertz CT molecular complexity index is 1930. The first-order chi connectivity index (χ1) is 22.7. The number of benzene rings is 2. The zero-order valence-corrected chi connectivity index (χ0v) is 26.4. The number of amides is 1. The number of hydrogen-bond donors (Lipinski definition) is 3. The van der Waals surface area contributed by atoms with Gasteiger partial charge < -0.3 is 25.2 Å². The molecular formula is C35H38F2N6O4. The summed E-state index contributed by atoms with van der Waals surface area (Å²) in [5, 5.41) is 25.5. The van der Waals surface area contributed by atoms with Gasteiger partial charge in [0.15, 0.2) is 5.82 Å². The number of piperidine rings is 1. The summed E-state index contributed by atoms with van der Waals surface area (Å²) in [5.74, 6) is -0.719. The van der Waals surface area contributed by atoms with E-state index < -0.39 is 17.7 Å². The van der Waals surface area contributed by atoms with E-state index in [9.17, 15) is 19.4 Å². The molecule has 1 amide bonds. The standard InChI is InChI=1S/C35H38F2N6O4/c1-2-23-26(36)6-5-20-11-21(44)12-24(28(20)23)30-29(37)31-25(15-38-30)32(42-9-3-7-34(18-42)14-27(46)39-17-34)41-33(40-31)47-19-35-8-4-10-43(35)16-22(45)13-35/h5-6,11-12,15,22,44-45H,2-4,7-10,13-14,16-19H2,1H3,(H,39,46)/t22-,34-,35+/m0/s1. The van der Waals surface area contributed by atoms with Gasteiger partial charge in [0.1, 0.15) is 35.2 Å². The van der Waals surface area contributed by atoms with Gasteiger partial charge in [0.25, 0.3) is 0 Å². The molecule has 8 rings (SSSR count). The molecule has 0 saturated carbocycles. The first kappa shape index (κ1) is 30.2. The largest absolute Gasteiger partial charge is 0.508 e. The van der Waals surface area contributed by atoms with Crippen LogP contribution in [0.3, 0.4) is 0 Å². The fraction of sp³-hybridized carbons (Fsp3) is 0.486. The Morgan fingerprint density at radius 2 is 2.00 bits per heavy atom. The molecular weight excluding hydrogens is 606 g/mol. The highest BCUT2D eigenvalue weighted by Gasteiger charge is 2.49. The Morgan fingerprint density at radius 3 is 2.81 bits per heavy atom. The van der Waals surface area contributed by atoms with Gasteiger partial charge in [-0.3, -0.25) is 14.7 Å². The molecule has 4 aromatic rings. The molecule has 4 fully saturated rings. The predicted octanol–water partition coefficient (Wildman–Crippen LogP) is 4.48. The molecule has 4 aliphatic rings. The Hall–Kier alpha value is -4.16. The lowest BCUT2D eigenvalue weighted by Crippen LogP contribution is -2.45. The number of ether oxygens (including phenoxy) is 1. The van der Waals surface area contributed by atoms with Crippen LogP contribution in [0, 0.1) is 17.0 Å². The molecule has 47 heavy (non-hydrogen) atoms. The number of nitrogens with zero attached hydrogens (tertiary/aromatic N) is 5. The van der Waals surface area contributed by atoms with Crippen molar-refractivity contribution in [1.82, 2.24) is 25.2 Å². The van der Waals surface area contributed by atoms with Gasteiger partial charge >= 0.3 is 6.01 Å². The van der Waals surface area contributed by atoms with Crippen LogP contribution in [0.2, 0.25) is 0 Å². The fourth-order valence-electron chi connectivity index (χ4n) is 8.67. The van der Waals surface area contributed by atoms with E-state index in [1.165, 1.54) is 24.4 Å². The normalized spacial score (nSPS) is 26.1. The van der Waals surface area contributed by atoms with Crippen LogP contribution in [0.5, 0.6) is 11.8 Å². The number of rotatable bonds is 6. The highest BCUT2D eigenvalue weighted by Crippen LogP contribution is 2.43. The molecule has 12 heteroatoms. The Kier molecular flexibility index (Phi) is 7.21. The number of hydrogen-bond acceptors (Lipinski definition) is 9. The van der Waals surface area contributed by atoms with Crippen molar-refractivity contribution < 1.29 is 28.5 Å². The molecule has 3 N–H and O–H groups in total. The van der Waals surface area contributed by atoms with E-state index in [-0.39, 0.29) is 52.0 Å². The quantitative estimate of drug-likeness (QED) is 0.279. The number of nitrogens with one attached hydrogen (secondary N) is 1. The van der Waals surface area contributed by atoms with E-state index in [1.54, 1.807) is 6.07 Å². The number of aromatic nitrogens is 3. The van der Waals surface area contributed by atoms with Crippen molar-refractivity contribution in [3.05, 3.63) is 47.7 Å². The molecule has 2 aromatic carbocycles. The Balaban J connectivity index is 1.27. The fourth-order valence-corrected chi connectivity index (χ4v) is 8.67. The number of phenolic OH excluding ortho intramolecular Hbond substituents is 1. The third kappa shape index (κ3) is 5.04. The smallest absolute Gasteiger partial charge is 0.319 e. The van der Waals surface area contributed by atoms with Crippen LogP contribution in [-0.4, -0.2) is 86.9 Å². The average Bonchev–Trinajstić information content (AvgIpc) is 3.71. The van der Waals surface area contributed by atoms with Crippen molar-refractivity contribution in [2.24, 2.45) is 5.41 Å². The number of carbonyl (C=O) groups is 1. The number of halogens is 2. The molecule has 246 valence electrons. The monoisotopic (exact) mass is 644 g/mol. The van der Waals surface area contributed by atoms with Gasteiger partial charge in [0, 0.05) is 49.8 Å². The second kappa shape index (κ2) is 11.2. The summed E-state index contributed by atoms with van der Waals surface area (Å²) in [6.07, 6.45) is 6.10. The summed E-state index contributed by atoms with van der Waals surface area (Å²) >= 11 is 0. The van der Waals surface area contributed by atoms with E-state index in [2.05, 4.69) is 25.1 Å². The highest BCUT2D eigenvalue weighted by molar-refractivity contribution is 6.01. The summed E-state index contributed by atoms with van der Waals surface area (Å²) in [7, 11) is 0. The maximum absolute atomic E-state index is 16.9. The van der Waals surface area contributed by atoms with Crippen molar-refractivity contribution in [3.8, 4) is 23.0 Å². The number of aromatic hydroxyl groups is 1. The minimum atomic E-state index is -0.726. The number of phenols is 1. The summed E-state index contributed by atoms with van der Waals surface area (Å²) in [4.78, 5) is 30.6. The zero-order valence-electron chi connectivity index (χ0n) is 26.4. The maximum Gasteiger partial charge on any atom is 0.319 e. The minimum absolute atomic E-state index is 0.00780. The van der Waals surface area contributed by atoms with Crippen LogP contribution in [0.1, 0.15) is 51.0 Å². The molecule has 1 spiro atoms. The third-order valence-corrected chi connectivity index (χ3v) is 10.8. The molecule has 0 unspecified atom stereocenters. The molecule has 0 radical (unpaired) electrons. The number of anilines is 1. The second-order valence-electron chi connectivity index (χ2n) is 13.9. The van der Waals surface area contributed by atoms with Gasteiger partial charge in [-0.15, -0.1) is 0 Å². The third-order valence-electron chi connectivity index (χ3n) is 10.8. The van der Waals surface area contributed by atoms with E-state index in [1.807, 2.05) is 6.92 Å². The van der Waals surface area contributed by atoms with Crippen molar-refractivity contribution in [2.45, 2.75) is 63.5 Å². The minimum Gasteiger partial charge on any atom is -0.508 e. The van der Waals surface area contributed by atoms with Gasteiger partial charge in [-0.2, -0.15) is 9.97 Å². The van der Waals surface area contributed by atoms with Gasteiger partial charge in [-0.05, 0) is 79.6 Å². The maximum atomic E-state index is 16.9. The van der Waals surface area contributed by atoms with Crippen LogP contribution >= 0.6 is 0 Å². The molecule has 0 aliphatic carbocycles. The summed E-state index contributed by atoms with van der Waals surface area (Å²) in [6, 6.07) is 5.88. The number of aliphatic hydroxyl groups excluding tert-OH is 1. The molecule has 0 bridgehead atoms. The highest BCUT2D eigenvalue weighted by atomic mass is 19.1. The van der Waals surface area contributed by atoms with Crippen LogP contribution < -0.4 is 15.0 Å². The lowest BCUT2D eigenvalue weighted by molar-refractivity contribution is -0.119. The van der Waals surface area contributed by atoms with Crippen molar-refractivity contribution in [2.75, 3.05) is 44.2 Å². The number of fused-ring (bicyclic) bond motifs is 3. The van der Waals surface area contributed by atoms with E-state index in [0.717, 1.165) is 32.2 Å². The van der Waals surface area contributed by atoms with Gasteiger partial charge in [-0.1, -0.05) is 13.0 Å². The van der Waals surface area contributed by atoms with Gasteiger partial charge in [0.2, 0.25) is 5.91 Å². The van der Waals surface area contributed by atoms with E-state index >= 15 is 4.39 Å². The van der Waals surface area contributed by atoms with E-state index in [4.69, 9.17) is 9.72 Å². The second-order valence-corrected chi connectivity index (χ2v) is 13.9. The first-order valence-electron chi connectivity index (χ1n) is 16.6. The summed E-state index contributed by atoms with van der Waals surface area (Å²) in [6.45, 7) is 5.35. The molecule has 6 heterocycles. The van der Waals surface area contributed by atoms with Gasteiger partial charge in [-0.25, -0.2) is 8.78 Å². The predicted molar refractivity (Wildman–Crippen MR) is 172 cm³/mol. The van der Waals surface area contributed by atoms with Crippen LogP contribution in [0.25, 0.3) is 32.9 Å². The molecule has 10 nitrogen and oxygen atoms in total. The Labute approximate surface area is 270 Å². The molecule has 3 atom stereocenters.